The highest BCUT2D eigenvalue weighted by Crippen LogP contribution is 2.26. The van der Waals surface area contributed by atoms with E-state index < -0.39 is 12.0 Å². The zero-order valence-corrected chi connectivity index (χ0v) is 7.72. The first-order chi connectivity index (χ1) is 5.41. The van der Waals surface area contributed by atoms with Gasteiger partial charge in [0.2, 0.25) is 5.82 Å². The van der Waals surface area contributed by atoms with Crippen molar-refractivity contribution in [1.29, 1.82) is 0 Å². The lowest BCUT2D eigenvalue weighted by molar-refractivity contribution is -0.145. The number of hydrogen-bond donors (Lipinski definition) is 1. The SMILES string of the molecule is Nc1cnc(C(F)(F)F)nc1I. The smallest absolute Gasteiger partial charge is 0.395 e. The minimum absolute atomic E-state index is 0.106. The molecule has 0 spiro atoms. The number of alkyl halides is 3. The largest absolute Gasteiger partial charge is 0.451 e. The summed E-state index contributed by atoms with van der Waals surface area (Å²) in [6.45, 7) is 0. The van der Waals surface area contributed by atoms with Gasteiger partial charge in [-0.05, 0) is 22.6 Å². The quantitative estimate of drug-likeness (QED) is 0.584. The topological polar surface area (TPSA) is 51.8 Å². The van der Waals surface area contributed by atoms with Gasteiger partial charge in [0.1, 0.15) is 3.70 Å². The Morgan fingerprint density at radius 3 is 2.42 bits per heavy atom. The van der Waals surface area contributed by atoms with E-state index in [1.54, 1.807) is 22.6 Å². The Bertz CT molecular complexity index is 298. The van der Waals surface area contributed by atoms with Crippen LogP contribution < -0.4 is 5.73 Å². The predicted octanol–water partition coefficient (Wildman–Crippen LogP) is 1.68. The maximum atomic E-state index is 11.9. The Kier molecular flexibility index (Phi) is 2.40. The summed E-state index contributed by atoms with van der Waals surface area (Å²) < 4.78 is 35.9. The molecule has 1 rings (SSSR count). The molecule has 0 bridgehead atoms. The van der Waals surface area contributed by atoms with Gasteiger partial charge in [0.15, 0.2) is 0 Å². The normalized spacial score (nSPS) is 11.7. The molecule has 1 aromatic rings. The summed E-state index contributed by atoms with van der Waals surface area (Å²) in [4.78, 5) is 6.21. The zero-order chi connectivity index (χ0) is 9.35. The van der Waals surface area contributed by atoms with E-state index in [4.69, 9.17) is 5.73 Å². The van der Waals surface area contributed by atoms with Crippen LogP contribution in [-0.4, -0.2) is 9.97 Å². The minimum atomic E-state index is -4.51. The van der Waals surface area contributed by atoms with Gasteiger partial charge in [-0.2, -0.15) is 13.2 Å². The molecule has 66 valence electrons. The van der Waals surface area contributed by atoms with E-state index in [0.717, 1.165) is 6.20 Å². The highest BCUT2D eigenvalue weighted by molar-refractivity contribution is 14.1. The summed E-state index contributed by atoms with van der Waals surface area (Å²) in [6, 6.07) is 0. The number of rotatable bonds is 0. The maximum absolute atomic E-state index is 11.9. The number of nitrogen functional groups attached to an aromatic ring is 1. The molecule has 0 unspecified atom stereocenters. The van der Waals surface area contributed by atoms with Crippen LogP contribution in [0.1, 0.15) is 5.82 Å². The van der Waals surface area contributed by atoms with Crippen molar-refractivity contribution in [1.82, 2.24) is 9.97 Å². The molecule has 0 aliphatic heterocycles. The van der Waals surface area contributed by atoms with Gasteiger partial charge in [0.25, 0.3) is 0 Å². The molecule has 0 radical (unpaired) electrons. The number of hydrogen-bond acceptors (Lipinski definition) is 3. The Labute approximate surface area is 79.3 Å². The molecule has 7 heteroatoms. The molecule has 0 aromatic carbocycles. The second-order valence-corrected chi connectivity index (χ2v) is 2.96. The number of anilines is 1. The van der Waals surface area contributed by atoms with E-state index in [1.807, 2.05) is 0 Å². The van der Waals surface area contributed by atoms with Gasteiger partial charge in [0.05, 0.1) is 11.9 Å². The molecule has 0 saturated carbocycles. The van der Waals surface area contributed by atoms with Gasteiger partial charge in [-0.15, -0.1) is 0 Å². The fraction of sp³-hybridized carbons (Fsp3) is 0.200. The van der Waals surface area contributed by atoms with E-state index in [9.17, 15) is 13.2 Å². The molecule has 1 heterocycles. The summed E-state index contributed by atoms with van der Waals surface area (Å²) in [6.07, 6.45) is -3.56. The van der Waals surface area contributed by atoms with Gasteiger partial charge in [-0.3, -0.25) is 0 Å². The lowest BCUT2D eigenvalue weighted by Gasteiger charge is -2.04. The molecule has 0 aliphatic rings. The molecule has 1 aromatic heterocycles. The highest BCUT2D eigenvalue weighted by Gasteiger charge is 2.34. The average Bonchev–Trinajstić information content (AvgIpc) is 1.92. The molecule has 0 fully saturated rings. The van der Waals surface area contributed by atoms with E-state index in [1.165, 1.54) is 0 Å². The number of nitrogens with two attached hydrogens (primary N) is 1. The standard InChI is InChI=1S/C5H3F3IN3/c6-5(7,8)4-11-1-2(10)3(9)12-4/h1H,10H2. The van der Waals surface area contributed by atoms with Crippen LogP contribution in [0.15, 0.2) is 6.20 Å². The summed E-state index contributed by atoms with van der Waals surface area (Å²) in [5, 5.41) is 0. The average molecular weight is 289 g/mol. The van der Waals surface area contributed by atoms with Crippen molar-refractivity contribution in [2.75, 3.05) is 5.73 Å². The lowest BCUT2D eigenvalue weighted by atomic mass is 10.5. The summed E-state index contributed by atoms with van der Waals surface area (Å²) in [7, 11) is 0. The van der Waals surface area contributed by atoms with Gasteiger partial charge < -0.3 is 5.73 Å². The van der Waals surface area contributed by atoms with Crippen molar-refractivity contribution in [3.05, 3.63) is 15.7 Å². The number of halogens is 4. The van der Waals surface area contributed by atoms with Crippen molar-refractivity contribution in [3.8, 4) is 0 Å². The van der Waals surface area contributed by atoms with E-state index in [-0.39, 0.29) is 9.39 Å². The third-order valence-corrected chi connectivity index (χ3v) is 1.89. The molecular formula is C5H3F3IN3. The fourth-order valence-corrected chi connectivity index (χ4v) is 0.875. The van der Waals surface area contributed by atoms with Crippen molar-refractivity contribution in [2.45, 2.75) is 6.18 Å². The second-order valence-electron chi connectivity index (χ2n) is 1.94. The van der Waals surface area contributed by atoms with Crippen molar-refractivity contribution >= 4 is 28.3 Å². The molecule has 0 saturated heterocycles. The predicted molar refractivity (Wildman–Crippen MR) is 44.2 cm³/mol. The molecule has 0 amide bonds. The van der Waals surface area contributed by atoms with Gasteiger partial charge in [0, 0.05) is 0 Å². The van der Waals surface area contributed by atoms with E-state index in [0.29, 0.717) is 0 Å². The van der Waals surface area contributed by atoms with Crippen LogP contribution >= 0.6 is 22.6 Å². The fourth-order valence-electron chi connectivity index (χ4n) is 0.507. The Hall–Kier alpha value is -0.600. The zero-order valence-electron chi connectivity index (χ0n) is 5.56. The van der Waals surface area contributed by atoms with Crippen LogP contribution in [0.4, 0.5) is 18.9 Å². The summed E-state index contributed by atoms with van der Waals surface area (Å²) >= 11 is 1.61. The molecular weight excluding hydrogens is 286 g/mol. The van der Waals surface area contributed by atoms with Crippen LogP contribution in [0.25, 0.3) is 0 Å². The second kappa shape index (κ2) is 3.04. The number of nitrogens with zero attached hydrogens (tertiary/aromatic N) is 2. The Morgan fingerprint density at radius 1 is 1.42 bits per heavy atom. The van der Waals surface area contributed by atoms with E-state index >= 15 is 0 Å². The molecule has 0 atom stereocenters. The van der Waals surface area contributed by atoms with Gasteiger partial charge in [-0.1, -0.05) is 0 Å². The minimum Gasteiger partial charge on any atom is -0.395 e. The highest BCUT2D eigenvalue weighted by atomic mass is 127. The monoisotopic (exact) mass is 289 g/mol. The molecule has 3 nitrogen and oxygen atoms in total. The van der Waals surface area contributed by atoms with E-state index in [2.05, 4.69) is 9.97 Å². The molecule has 0 aliphatic carbocycles. The van der Waals surface area contributed by atoms with Crippen molar-refractivity contribution in [3.63, 3.8) is 0 Å². The van der Waals surface area contributed by atoms with Crippen LogP contribution in [0, 0.1) is 3.70 Å². The number of aromatic nitrogens is 2. The van der Waals surface area contributed by atoms with Crippen molar-refractivity contribution in [2.24, 2.45) is 0 Å². The first kappa shape index (κ1) is 9.49. The van der Waals surface area contributed by atoms with Gasteiger partial charge >= 0.3 is 6.18 Å². The third-order valence-electron chi connectivity index (χ3n) is 1.02. The first-order valence-electron chi connectivity index (χ1n) is 2.76. The maximum Gasteiger partial charge on any atom is 0.451 e. The van der Waals surface area contributed by atoms with Crippen LogP contribution in [0.2, 0.25) is 0 Å². The lowest BCUT2D eigenvalue weighted by Crippen LogP contribution is -2.12. The van der Waals surface area contributed by atoms with Crippen LogP contribution in [-0.2, 0) is 6.18 Å². The van der Waals surface area contributed by atoms with Crippen LogP contribution in [0.5, 0.6) is 0 Å². The third kappa shape index (κ3) is 1.96. The Balaban J connectivity index is 3.14. The van der Waals surface area contributed by atoms with Gasteiger partial charge in [-0.25, -0.2) is 9.97 Å². The first-order valence-corrected chi connectivity index (χ1v) is 3.84. The molecule has 2 N–H and O–H groups in total. The summed E-state index contributed by atoms with van der Waals surface area (Å²) in [5.41, 5.74) is 5.37. The van der Waals surface area contributed by atoms with Crippen molar-refractivity contribution < 1.29 is 13.2 Å². The molecule has 12 heavy (non-hydrogen) atoms. The summed E-state index contributed by atoms with van der Waals surface area (Å²) in [5.74, 6) is -1.17. The Morgan fingerprint density at radius 2 is 2.00 bits per heavy atom. The van der Waals surface area contributed by atoms with Crippen LogP contribution in [0.3, 0.4) is 0 Å².